The topological polar surface area (TPSA) is 94.1 Å². The maximum absolute atomic E-state index is 12.9. The van der Waals surface area contributed by atoms with Crippen molar-refractivity contribution in [2.75, 3.05) is 13.1 Å². The molecular formula is C13H16FN5O2S. The molecule has 2 aromatic rings. The van der Waals surface area contributed by atoms with Gasteiger partial charge in [-0.2, -0.15) is 4.31 Å². The van der Waals surface area contributed by atoms with Crippen LogP contribution in [0.3, 0.4) is 0 Å². The van der Waals surface area contributed by atoms with Crippen molar-refractivity contribution in [1.82, 2.24) is 18.8 Å². The third-order valence-electron chi connectivity index (χ3n) is 3.75. The molecule has 0 bridgehead atoms. The van der Waals surface area contributed by atoms with Crippen LogP contribution in [0, 0.1) is 5.82 Å². The molecule has 2 aromatic heterocycles. The average Bonchev–Trinajstić information content (AvgIpc) is 3.07. The molecule has 1 fully saturated rings. The summed E-state index contributed by atoms with van der Waals surface area (Å²) in [6, 6.07) is 2.44. The minimum atomic E-state index is -3.68. The first-order valence-electron chi connectivity index (χ1n) is 6.73. The highest BCUT2D eigenvalue weighted by atomic mass is 32.2. The molecule has 1 saturated heterocycles. The summed E-state index contributed by atoms with van der Waals surface area (Å²) in [6.45, 7) is 0.390. The molecule has 0 radical (unpaired) electrons. The van der Waals surface area contributed by atoms with E-state index < -0.39 is 21.9 Å². The summed E-state index contributed by atoms with van der Waals surface area (Å²) in [5.41, 5.74) is 6.64. The van der Waals surface area contributed by atoms with Crippen LogP contribution in [-0.4, -0.2) is 46.4 Å². The number of pyridine rings is 1. The largest absolute Gasteiger partial charge is 0.339 e. The fourth-order valence-electron chi connectivity index (χ4n) is 2.56. The highest BCUT2D eigenvalue weighted by Crippen LogP contribution is 2.29. The first kappa shape index (κ1) is 15.1. The summed E-state index contributed by atoms with van der Waals surface area (Å²) in [4.78, 5) is 7.90. The lowest BCUT2D eigenvalue weighted by Gasteiger charge is -2.14. The van der Waals surface area contributed by atoms with Gasteiger partial charge in [0.1, 0.15) is 5.82 Å². The number of halogens is 1. The Kier molecular flexibility index (Phi) is 3.71. The van der Waals surface area contributed by atoms with Crippen molar-refractivity contribution in [2.24, 2.45) is 12.8 Å². The number of hydrogen-bond donors (Lipinski definition) is 1. The Labute approximate surface area is 127 Å². The van der Waals surface area contributed by atoms with Crippen LogP contribution in [0.25, 0.3) is 0 Å². The lowest BCUT2D eigenvalue weighted by Crippen LogP contribution is -2.32. The highest BCUT2D eigenvalue weighted by Gasteiger charge is 2.39. The Bertz CT molecular complexity index is 774. The smallest absolute Gasteiger partial charge is 0.262 e. The standard InChI is InChI=1S/C13H16FN5O2S/c1-18-7-13(17-8-18)22(20,21)19-5-10(11(15)6-19)12-3-2-9(14)4-16-12/h2-4,7-8,10-11H,5-6,15H2,1H3. The molecule has 2 unspecified atom stereocenters. The van der Waals surface area contributed by atoms with E-state index in [1.54, 1.807) is 11.6 Å². The van der Waals surface area contributed by atoms with Crippen molar-refractivity contribution < 1.29 is 12.8 Å². The Morgan fingerprint density at radius 3 is 2.68 bits per heavy atom. The van der Waals surface area contributed by atoms with Crippen LogP contribution in [0.2, 0.25) is 0 Å². The second-order valence-electron chi connectivity index (χ2n) is 5.37. The molecule has 118 valence electrons. The zero-order chi connectivity index (χ0) is 15.9. The zero-order valence-electron chi connectivity index (χ0n) is 11.9. The highest BCUT2D eigenvalue weighted by molar-refractivity contribution is 7.89. The monoisotopic (exact) mass is 325 g/mol. The van der Waals surface area contributed by atoms with Gasteiger partial charge >= 0.3 is 0 Å². The zero-order valence-corrected chi connectivity index (χ0v) is 12.7. The van der Waals surface area contributed by atoms with E-state index in [1.165, 1.54) is 29.0 Å². The summed E-state index contributed by atoms with van der Waals surface area (Å²) < 4.78 is 40.9. The first-order chi connectivity index (χ1) is 10.4. The number of aromatic nitrogens is 3. The number of rotatable bonds is 3. The van der Waals surface area contributed by atoms with E-state index in [4.69, 9.17) is 5.73 Å². The number of aryl methyl sites for hydroxylation is 1. The van der Waals surface area contributed by atoms with Crippen LogP contribution in [0.4, 0.5) is 4.39 Å². The Morgan fingerprint density at radius 2 is 2.09 bits per heavy atom. The lowest BCUT2D eigenvalue weighted by atomic mass is 10.00. The molecule has 0 saturated carbocycles. The molecule has 22 heavy (non-hydrogen) atoms. The Morgan fingerprint density at radius 1 is 1.32 bits per heavy atom. The van der Waals surface area contributed by atoms with Gasteiger partial charge < -0.3 is 10.3 Å². The van der Waals surface area contributed by atoms with Gasteiger partial charge in [0.25, 0.3) is 10.0 Å². The van der Waals surface area contributed by atoms with Crippen molar-refractivity contribution in [3.05, 3.63) is 42.4 Å². The molecule has 1 aliphatic heterocycles. The number of nitrogens with zero attached hydrogens (tertiary/aromatic N) is 4. The van der Waals surface area contributed by atoms with Crippen molar-refractivity contribution in [1.29, 1.82) is 0 Å². The summed E-state index contributed by atoms with van der Waals surface area (Å²) in [7, 11) is -1.98. The lowest BCUT2D eigenvalue weighted by molar-refractivity contribution is 0.467. The quantitative estimate of drug-likeness (QED) is 0.862. The molecule has 0 amide bonds. The van der Waals surface area contributed by atoms with E-state index in [-0.39, 0.29) is 24.0 Å². The van der Waals surface area contributed by atoms with Gasteiger partial charge in [0.05, 0.1) is 12.5 Å². The second kappa shape index (κ2) is 5.41. The van der Waals surface area contributed by atoms with Gasteiger partial charge in [-0.15, -0.1) is 0 Å². The van der Waals surface area contributed by atoms with Crippen LogP contribution in [0.5, 0.6) is 0 Å². The molecular weight excluding hydrogens is 309 g/mol. The Balaban J connectivity index is 1.85. The van der Waals surface area contributed by atoms with Crippen molar-refractivity contribution >= 4 is 10.0 Å². The minimum Gasteiger partial charge on any atom is -0.339 e. The van der Waals surface area contributed by atoms with Crippen LogP contribution in [0.1, 0.15) is 11.6 Å². The molecule has 0 aromatic carbocycles. The SMILES string of the molecule is Cn1cnc(S(=O)(=O)N2CC(N)C(c3ccc(F)cn3)C2)c1. The third-order valence-corrected chi connectivity index (χ3v) is 5.46. The van der Waals surface area contributed by atoms with Crippen LogP contribution in [0.15, 0.2) is 35.9 Å². The maximum atomic E-state index is 12.9. The van der Waals surface area contributed by atoms with Gasteiger partial charge in [0.15, 0.2) is 5.03 Å². The summed E-state index contributed by atoms with van der Waals surface area (Å²) in [6.07, 6.45) is 3.99. The number of hydrogen-bond acceptors (Lipinski definition) is 5. The molecule has 2 N–H and O–H groups in total. The molecule has 9 heteroatoms. The molecule has 1 aliphatic rings. The summed E-state index contributed by atoms with van der Waals surface area (Å²) in [5.74, 6) is -0.702. The fraction of sp³-hybridized carbons (Fsp3) is 0.385. The fourth-order valence-corrected chi connectivity index (χ4v) is 4.03. The van der Waals surface area contributed by atoms with E-state index in [2.05, 4.69) is 9.97 Å². The molecule has 2 atom stereocenters. The van der Waals surface area contributed by atoms with E-state index >= 15 is 0 Å². The van der Waals surface area contributed by atoms with Gasteiger partial charge in [-0.05, 0) is 12.1 Å². The summed E-state index contributed by atoms with van der Waals surface area (Å²) in [5, 5.41) is -0.00471. The van der Waals surface area contributed by atoms with E-state index in [0.717, 1.165) is 6.20 Å². The number of sulfonamides is 1. The van der Waals surface area contributed by atoms with E-state index in [1.807, 2.05) is 0 Å². The maximum Gasteiger partial charge on any atom is 0.262 e. The molecule has 3 rings (SSSR count). The molecule has 0 spiro atoms. The Hall–Kier alpha value is -1.84. The van der Waals surface area contributed by atoms with E-state index in [0.29, 0.717) is 5.69 Å². The number of nitrogens with two attached hydrogens (primary N) is 1. The second-order valence-corrected chi connectivity index (χ2v) is 7.26. The third kappa shape index (κ3) is 2.62. The normalized spacial score (nSPS) is 23.0. The minimum absolute atomic E-state index is 0.00471. The predicted molar refractivity (Wildman–Crippen MR) is 76.9 cm³/mol. The van der Waals surface area contributed by atoms with Gasteiger partial charge in [-0.3, -0.25) is 4.98 Å². The van der Waals surface area contributed by atoms with E-state index in [9.17, 15) is 12.8 Å². The molecule has 7 nitrogen and oxygen atoms in total. The van der Waals surface area contributed by atoms with Gasteiger partial charge in [-0.25, -0.2) is 17.8 Å². The number of imidazole rings is 1. The summed E-state index contributed by atoms with van der Waals surface area (Å²) >= 11 is 0. The van der Waals surface area contributed by atoms with Crippen LogP contribution >= 0.6 is 0 Å². The predicted octanol–water partition coefficient (Wildman–Crippen LogP) is 0.0696. The van der Waals surface area contributed by atoms with Gasteiger partial charge in [-0.1, -0.05) is 0 Å². The van der Waals surface area contributed by atoms with Gasteiger partial charge in [0.2, 0.25) is 0 Å². The average molecular weight is 325 g/mol. The molecule has 0 aliphatic carbocycles. The molecule has 3 heterocycles. The van der Waals surface area contributed by atoms with Crippen molar-refractivity contribution in [3.63, 3.8) is 0 Å². The van der Waals surface area contributed by atoms with Gasteiger partial charge in [0, 0.05) is 44.0 Å². The first-order valence-corrected chi connectivity index (χ1v) is 8.17. The van der Waals surface area contributed by atoms with Crippen LogP contribution < -0.4 is 5.73 Å². The van der Waals surface area contributed by atoms with Crippen LogP contribution in [-0.2, 0) is 17.1 Å². The van der Waals surface area contributed by atoms with Crippen molar-refractivity contribution in [2.45, 2.75) is 17.0 Å². The van der Waals surface area contributed by atoms with Crippen molar-refractivity contribution in [3.8, 4) is 0 Å².